The maximum atomic E-state index is 12.1. The molecule has 2 aromatic rings. The summed E-state index contributed by atoms with van der Waals surface area (Å²) in [5.41, 5.74) is 0.965. The van der Waals surface area contributed by atoms with Crippen LogP contribution in [0.3, 0.4) is 0 Å². The van der Waals surface area contributed by atoms with Gasteiger partial charge in [-0.15, -0.1) is 0 Å². The van der Waals surface area contributed by atoms with Gasteiger partial charge >= 0.3 is 0 Å². The summed E-state index contributed by atoms with van der Waals surface area (Å²) < 4.78 is 6.35. The van der Waals surface area contributed by atoms with Crippen molar-refractivity contribution in [1.29, 1.82) is 0 Å². The summed E-state index contributed by atoms with van der Waals surface area (Å²) in [7, 11) is 1.66. The molecule has 0 atom stereocenters. The Morgan fingerprint density at radius 2 is 2.04 bits per heavy atom. The molecule has 2 heterocycles. The van der Waals surface area contributed by atoms with E-state index in [0.717, 1.165) is 45.9 Å². The lowest BCUT2D eigenvalue weighted by Crippen LogP contribution is -2.49. The van der Waals surface area contributed by atoms with Crippen LogP contribution in [0.15, 0.2) is 18.2 Å². The average molecular weight is 365 g/mol. The van der Waals surface area contributed by atoms with Gasteiger partial charge in [0, 0.05) is 33.1 Å². The molecule has 1 aliphatic heterocycles. The first-order valence-corrected chi connectivity index (χ1v) is 9.47. The van der Waals surface area contributed by atoms with Crippen LogP contribution < -0.4 is 9.64 Å². The largest absolute Gasteiger partial charge is 0.497 e. The third-order valence-electron chi connectivity index (χ3n) is 3.89. The second-order valence-electron chi connectivity index (χ2n) is 5.48. The smallest absolute Gasteiger partial charge is 0.233 e. The Kier molecular flexibility index (Phi) is 5.25. The minimum Gasteiger partial charge on any atom is -0.497 e. The van der Waals surface area contributed by atoms with E-state index in [-0.39, 0.29) is 16.8 Å². The minimum atomic E-state index is -0.0214. The summed E-state index contributed by atoms with van der Waals surface area (Å²) >= 11 is 2.71. The van der Waals surface area contributed by atoms with Gasteiger partial charge < -0.3 is 14.5 Å². The van der Waals surface area contributed by atoms with Crippen LogP contribution in [-0.4, -0.2) is 59.9 Å². The zero-order chi connectivity index (χ0) is 17.1. The molecule has 8 heteroatoms. The highest BCUT2D eigenvalue weighted by Gasteiger charge is 2.23. The first-order chi connectivity index (χ1) is 11.6. The number of hydrogen-bond donors (Lipinski definition) is 0. The van der Waals surface area contributed by atoms with Crippen molar-refractivity contribution >= 4 is 49.5 Å². The predicted molar refractivity (Wildman–Crippen MR) is 98.1 cm³/mol. The quantitative estimate of drug-likeness (QED) is 0.828. The number of fused-ring (bicyclic) bond motifs is 1. The second-order valence-corrected chi connectivity index (χ2v) is 7.64. The number of hydrogen-bond acceptors (Lipinski definition) is 7. The third kappa shape index (κ3) is 3.81. The highest BCUT2D eigenvalue weighted by molar-refractivity contribution is 8.14. The van der Waals surface area contributed by atoms with Gasteiger partial charge in [0.05, 0.1) is 23.1 Å². The Morgan fingerprint density at radius 1 is 1.29 bits per heavy atom. The Hall–Kier alpha value is -1.80. The van der Waals surface area contributed by atoms with Crippen molar-refractivity contribution in [3.05, 3.63) is 18.2 Å². The van der Waals surface area contributed by atoms with Gasteiger partial charge in [0.25, 0.3) is 0 Å². The Morgan fingerprint density at radius 3 is 2.71 bits per heavy atom. The van der Waals surface area contributed by atoms with Crippen molar-refractivity contribution < 1.29 is 14.3 Å². The molecule has 6 nitrogen and oxygen atoms in total. The van der Waals surface area contributed by atoms with E-state index < -0.39 is 0 Å². The molecule has 1 aromatic heterocycles. The number of ether oxygens (including phenoxy) is 1. The average Bonchev–Trinajstić information content (AvgIpc) is 3.02. The van der Waals surface area contributed by atoms with Crippen LogP contribution in [0.5, 0.6) is 5.75 Å². The highest BCUT2D eigenvalue weighted by Crippen LogP contribution is 2.31. The first kappa shape index (κ1) is 17.0. The van der Waals surface area contributed by atoms with Gasteiger partial charge in [-0.3, -0.25) is 9.59 Å². The van der Waals surface area contributed by atoms with Crippen molar-refractivity contribution in [2.45, 2.75) is 6.92 Å². The van der Waals surface area contributed by atoms with Gasteiger partial charge in [-0.05, 0) is 18.2 Å². The van der Waals surface area contributed by atoms with Crippen LogP contribution in [0.2, 0.25) is 0 Å². The number of aromatic nitrogens is 1. The van der Waals surface area contributed by atoms with Crippen molar-refractivity contribution in [1.82, 2.24) is 9.88 Å². The highest BCUT2D eigenvalue weighted by atomic mass is 32.2. The van der Waals surface area contributed by atoms with Crippen molar-refractivity contribution in [2.75, 3.05) is 43.9 Å². The molecule has 24 heavy (non-hydrogen) atoms. The second kappa shape index (κ2) is 7.40. The fourth-order valence-electron chi connectivity index (χ4n) is 2.56. The predicted octanol–water partition coefficient (Wildman–Crippen LogP) is 2.23. The molecule has 0 radical (unpaired) electrons. The van der Waals surface area contributed by atoms with E-state index in [9.17, 15) is 9.59 Å². The zero-order valence-corrected chi connectivity index (χ0v) is 15.3. The number of anilines is 1. The fourth-order valence-corrected chi connectivity index (χ4v) is 4.11. The molecule has 0 unspecified atom stereocenters. The number of benzene rings is 1. The van der Waals surface area contributed by atoms with Crippen LogP contribution >= 0.6 is 23.1 Å². The van der Waals surface area contributed by atoms with Crippen LogP contribution in [0.1, 0.15) is 6.92 Å². The molecule has 0 bridgehead atoms. The van der Waals surface area contributed by atoms with Crippen LogP contribution in [-0.2, 0) is 9.59 Å². The Balaban J connectivity index is 1.62. The zero-order valence-electron chi connectivity index (χ0n) is 13.7. The third-order valence-corrected chi connectivity index (χ3v) is 5.76. The van der Waals surface area contributed by atoms with Crippen LogP contribution in [0, 0.1) is 0 Å². The van der Waals surface area contributed by atoms with E-state index >= 15 is 0 Å². The summed E-state index contributed by atoms with van der Waals surface area (Å²) in [5.74, 6) is 1.09. The summed E-state index contributed by atoms with van der Waals surface area (Å²) in [6.45, 7) is 4.33. The lowest BCUT2D eigenvalue weighted by atomic mass is 10.3. The molecule has 1 saturated heterocycles. The summed E-state index contributed by atoms with van der Waals surface area (Å²) in [6, 6.07) is 5.87. The van der Waals surface area contributed by atoms with Crippen LogP contribution in [0.25, 0.3) is 10.2 Å². The van der Waals surface area contributed by atoms with Gasteiger partial charge in [0.1, 0.15) is 5.75 Å². The number of amides is 1. The number of thiazole rings is 1. The first-order valence-electron chi connectivity index (χ1n) is 7.67. The Labute approximate surface area is 148 Å². The van der Waals surface area contributed by atoms with E-state index in [2.05, 4.69) is 9.88 Å². The van der Waals surface area contributed by atoms with E-state index in [0.29, 0.717) is 13.1 Å². The van der Waals surface area contributed by atoms with E-state index in [1.807, 2.05) is 23.1 Å². The van der Waals surface area contributed by atoms with Gasteiger partial charge in [0.15, 0.2) is 10.2 Å². The van der Waals surface area contributed by atoms with Gasteiger partial charge in [-0.2, -0.15) is 0 Å². The van der Waals surface area contributed by atoms with Gasteiger partial charge in [-0.1, -0.05) is 23.1 Å². The van der Waals surface area contributed by atoms with Crippen molar-refractivity contribution in [2.24, 2.45) is 0 Å². The van der Waals surface area contributed by atoms with Crippen LogP contribution in [0.4, 0.5) is 5.13 Å². The molecule has 0 N–H and O–H groups in total. The number of nitrogens with zero attached hydrogens (tertiary/aromatic N) is 3. The van der Waals surface area contributed by atoms with Gasteiger partial charge in [0.2, 0.25) is 5.91 Å². The summed E-state index contributed by atoms with van der Waals surface area (Å²) in [5, 5.41) is 0.954. The van der Waals surface area contributed by atoms with Crippen molar-refractivity contribution in [3.63, 3.8) is 0 Å². The van der Waals surface area contributed by atoms with E-state index in [4.69, 9.17) is 4.74 Å². The normalized spacial score (nSPS) is 14.9. The number of rotatable bonds is 4. The molecule has 1 aromatic carbocycles. The molecular formula is C16H19N3O3S2. The molecule has 3 rings (SSSR count). The lowest BCUT2D eigenvalue weighted by Gasteiger charge is -2.34. The Bertz CT molecular complexity index is 754. The number of carbonyl (C=O) groups is 2. The maximum absolute atomic E-state index is 12.1. The molecule has 1 fully saturated rings. The lowest BCUT2D eigenvalue weighted by molar-refractivity contribution is -0.128. The number of thioether (sulfide) groups is 1. The fraction of sp³-hybridized carbons (Fsp3) is 0.438. The number of carbonyl (C=O) groups excluding carboxylic acids is 2. The number of piperazine rings is 1. The molecule has 1 aliphatic rings. The summed E-state index contributed by atoms with van der Waals surface area (Å²) in [4.78, 5) is 31.7. The molecule has 1 amide bonds. The SMILES string of the molecule is COc1ccc2nc(N3CCN(C(=O)CSC(C)=O)CC3)sc2c1. The standard InChI is InChI=1S/C16H19N3O3S2/c1-11(20)23-10-15(21)18-5-7-19(8-6-18)16-17-13-4-3-12(22-2)9-14(13)24-16/h3-4,9H,5-8,10H2,1-2H3. The molecular weight excluding hydrogens is 346 g/mol. The summed E-state index contributed by atoms with van der Waals surface area (Å²) in [6.07, 6.45) is 0. The molecule has 0 saturated carbocycles. The molecule has 0 aliphatic carbocycles. The number of methoxy groups -OCH3 is 1. The topological polar surface area (TPSA) is 62.7 Å². The minimum absolute atomic E-state index is 0.0214. The van der Waals surface area contributed by atoms with E-state index in [1.54, 1.807) is 18.4 Å². The molecule has 128 valence electrons. The maximum Gasteiger partial charge on any atom is 0.233 e. The van der Waals surface area contributed by atoms with Crippen molar-refractivity contribution in [3.8, 4) is 5.75 Å². The van der Waals surface area contributed by atoms with Gasteiger partial charge in [-0.25, -0.2) is 4.98 Å². The molecule has 0 spiro atoms. The van der Waals surface area contributed by atoms with E-state index in [1.165, 1.54) is 6.92 Å². The monoisotopic (exact) mass is 365 g/mol.